The summed E-state index contributed by atoms with van der Waals surface area (Å²) in [5, 5.41) is 2.86. The van der Waals surface area contributed by atoms with Gasteiger partial charge >= 0.3 is 0 Å². The molecule has 0 unspecified atom stereocenters. The standard InChI is InChI=1S/C24H48N2O4/c1-2-3-4-5-6-7-8-9-10-11-12-13-14-15-16-17-24(28)26-18-19-29-20-21-30-22-23(25)27/h2-22H2,1H3,(H2,25,27)(H,26,28). The summed E-state index contributed by atoms with van der Waals surface area (Å²) in [6.45, 7) is 3.86. The Hall–Kier alpha value is -1.14. The van der Waals surface area contributed by atoms with Gasteiger partial charge < -0.3 is 20.5 Å². The van der Waals surface area contributed by atoms with Crippen LogP contribution in [0, 0.1) is 0 Å². The van der Waals surface area contributed by atoms with Gasteiger partial charge in [0.05, 0.1) is 19.8 Å². The predicted octanol–water partition coefficient (Wildman–Crippen LogP) is 4.88. The lowest BCUT2D eigenvalue weighted by Crippen LogP contribution is -2.27. The first-order chi connectivity index (χ1) is 14.7. The number of rotatable bonds is 24. The summed E-state index contributed by atoms with van der Waals surface area (Å²) in [6.07, 6.45) is 20.6. The fourth-order valence-corrected chi connectivity index (χ4v) is 3.40. The second-order valence-electron chi connectivity index (χ2n) is 8.18. The van der Waals surface area contributed by atoms with Gasteiger partial charge in [-0.3, -0.25) is 9.59 Å². The van der Waals surface area contributed by atoms with Crippen LogP contribution in [0.1, 0.15) is 110 Å². The number of carbonyl (C=O) groups is 2. The number of hydrogen-bond acceptors (Lipinski definition) is 4. The molecule has 0 bridgehead atoms. The molecule has 0 saturated heterocycles. The van der Waals surface area contributed by atoms with Gasteiger partial charge in [0.2, 0.25) is 11.8 Å². The van der Waals surface area contributed by atoms with Gasteiger partial charge in [0.1, 0.15) is 6.61 Å². The highest BCUT2D eigenvalue weighted by Crippen LogP contribution is 2.13. The fraction of sp³-hybridized carbons (Fsp3) is 0.917. The van der Waals surface area contributed by atoms with Crippen molar-refractivity contribution in [2.45, 2.75) is 110 Å². The average molecular weight is 429 g/mol. The van der Waals surface area contributed by atoms with Crippen molar-refractivity contribution in [3.63, 3.8) is 0 Å². The van der Waals surface area contributed by atoms with Gasteiger partial charge in [-0.25, -0.2) is 0 Å². The van der Waals surface area contributed by atoms with E-state index in [9.17, 15) is 9.59 Å². The van der Waals surface area contributed by atoms with Crippen molar-refractivity contribution in [1.29, 1.82) is 0 Å². The average Bonchev–Trinajstić information content (AvgIpc) is 2.72. The van der Waals surface area contributed by atoms with Gasteiger partial charge in [0.15, 0.2) is 0 Å². The third kappa shape index (κ3) is 24.9. The monoisotopic (exact) mass is 428 g/mol. The Kier molecular flexibility index (Phi) is 23.2. The van der Waals surface area contributed by atoms with Crippen molar-refractivity contribution in [3.8, 4) is 0 Å². The molecule has 0 aliphatic heterocycles. The Morgan fingerprint density at radius 3 is 1.63 bits per heavy atom. The van der Waals surface area contributed by atoms with E-state index >= 15 is 0 Å². The molecule has 30 heavy (non-hydrogen) atoms. The molecule has 6 heteroatoms. The zero-order valence-electron chi connectivity index (χ0n) is 19.6. The van der Waals surface area contributed by atoms with E-state index in [0.717, 1.165) is 12.8 Å². The smallest absolute Gasteiger partial charge is 0.243 e. The second kappa shape index (κ2) is 24.1. The molecule has 178 valence electrons. The number of hydrogen-bond donors (Lipinski definition) is 2. The molecule has 0 radical (unpaired) electrons. The van der Waals surface area contributed by atoms with Crippen molar-refractivity contribution in [1.82, 2.24) is 5.32 Å². The van der Waals surface area contributed by atoms with Crippen LogP contribution in [0.25, 0.3) is 0 Å². The number of nitrogens with two attached hydrogens (primary N) is 1. The molecule has 6 nitrogen and oxygen atoms in total. The summed E-state index contributed by atoms with van der Waals surface area (Å²) in [5.41, 5.74) is 4.95. The quantitative estimate of drug-likeness (QED) is 0.214. The fourth-order valence-electron chi connectivity index (χ4n) is 3.40. The van der Waals surface area contributed by atoms with Gasteiger partial charge in [-0.05, 0) is 6.42 Å². The van der Waals surface area contributed by atoms with Crippen LogP contribution >= 0.6 is 0 Å². The number of carbonyl (C=O) groups excluding carboxylic acids is 2. The van der Waals surface area contributed by atoms with Crippen molar-refractivity contribution in [2.24, 2.45) is 5.73 Å². The van der Waals surface area contributed by atoms with Gasteiger partial charge in [-0.2, -0.15) is 0 Å². The molecule has 0 spiro atoms. The molecule has 0 aromatic heterocycles. The molecule has 2 amide bonds. The van der Waals surface area contributed by atoms with Crippen molar-refractivity contribution in [3.05, 3.63) is 0 Å². The van der Waals surface area contributed by atoms with E-state index in [1.807, 2.05) is 0 Å². The maximum Gasteiger partial charge on any atom is 0.243 e. The molecule has 3 N–H and O–H groups in total. The normalized spacial score (nSPS) is 11.0. The summed E-state index contributed by atoms with van der Waals surface area (Å²) in [4.78, 5) is 22.2. The van der Waals surface area contributed by atoms with Crippen molar-refractivity contribution < 1.29 is 19.1 Å². The van der Waals surface area contributed by atoms with E-state index in [2.05, 4.69) is 12.2 Å². The van der Waals surface area contributed by atoms with Crippen LogP contribution in [-0.2, 0) is 19.1 Å². The van der Waals surface area contributed by atoms with E-state index in [-0.39, 0.29) is 12.5 Å². The molecule has 0 fully saturated rings. The molecular weight excluding hydrogens is 380 g/mol. The van der Waals surface area contributed by atoms with Gasteiger partial charge in [0, 0.05) is 13.0 Å². The van der Waals surface area contributed by atoms with Crippen molar-refractivity contribution >= 4 is 11.8 Å². The summed E-state index contributed by atoms with van der Waals surface area (Å²) in [6, 6.07) is 0. The summed E-state index contributed by atoms with van der Waals surface area (Å²) in [7, 11) is 0. The minimum Gasteiger partial charge on any atom is -0.377 e. The van der Waals surface area contributed by atoms with Gasteiger partial charge in [0.25, 0.3) is 0 Å². The maximum atomic E-state index is 11.7. The van der Waals surface area contributed by atoms with E-state index in [4.69, 9.17) is 15.2 Å². The highest BCUT2D eigenvalue weighted by atomic mass is 16.5. The summed E-state index contributed by atoms with van der Waals surface area (Å²) in [5.74, 6) is -0.390. The molecule has 0 heterocycles. The maximum absolute atomic E-state index is 11.7. The van der Waals surface area contributed by atoms with Crippen LogP contribution in [0.3, 0.4) is 0 Å². The van der Waals surface area contributed by atoms with Crippen LogP contribution in [0.2, 0.25) is 0 Å². The predicted molar refractivity (Wildman–Crippen MR) is 123 cm³/mol. The highest BCUT2D eigenvalue weighted by Gasteiger charge is 2.01. The number of nitrogens with one attached hydrogen (secondary N) is 1. The topological polar surface area (TPSA) is 90.7 Å². The Bertz CT molecular complexity index is 391. The lowest BCUT2D eigenvalue weighted by atomic mass is 10.0. The van der Waals surface area contributed by atoms with Crippen LogP contribution in [0.5, 0.6) is 0 Å². The molecular formula is C24H48N2O4. The van der Waals surface area contributed by atoms with Gasteiger partial charge in [-0.1, -0.05) is 96.8 Å². The van der Waals surface area contributed by atoms with Gasteiger partial charge in [-0.15, -0.1) is 0 Å². The Labute approximate surface area is 185 Å². The molecule has 0 saturated carbocycles. The third-order valence-corrected chi connectivity index (χ3v) is 5.19. The number of unbranched alkanes of at least 4 members (excludes halogenated alkanes) is 14. The van der Waals surface area contributed by atoms with E-state index < -0.39 is 5.91 Å². The zero-order chi connectivity index (χ0) is 22.1. The van der Waals surface area contributed by atoms with Crippen LogP contribution < -0.4 is 11.1 Å². The molecule has 0 aromatic rings. The zero-order valence-corrected chi connectivity index (χ0v) is 19.6. The first-order valence-corrected chi connectivity index (χ1v) is 12.4. The minimum absolute atomic E-state index is 0.0840. The number of primary amides is 1. The molecule has 0 rings (SSSR count). The lowest BCUT2D eigenvalue weighted by molar-refractivity contribution is -0.123. The van der Waals surface area contributed by atoms with E-state index in [0.29, 0.717) is 32.8 Å². The lowest BCUT2D eigenvalue weighted by Gasteiger charge is -2.07. The molecule has 0 atom stereocenters. The van der Waals surface area contributed by atoms with Crippen LogP contribution in [0.15, 0.2) is 0 Å². The van der Waals surface area contributed by atoms with Crippen LogP contribution in [0.4, 0.5) is 0 Å². The van der Waals surface area contributed by atoms with E-state index in [1.54, 1.807) is 0 Å². The first-order valence-electron chi connectivity index (χ1n) is 12.4. The SMILES string of the molecule is CCCCCCCCCCCCCCCCCC(=O)NCCOCCOCC(N)=O. The third-order valence-electron chi connectivity index (χ3n) is 5.19. The van der Waals surface area contributed by atoms with Crippen LogP contribution in [-0.4, -0.2) is 44.8 Å². The molecule has 0 aromatic carbocycles. The Morgan fingerprint density at radius 2 is 1.13 bits per heavy atom. The summed E-state index contributed by atoms with van der Waals surface area (Å²) >= 11 is 0. The number of amides is 2. The molecule has 0 aliphatic rings. The summed E-state index contributed by atoms with van der Waals surface area (Å²) < 4.78 is 10.3. The Morgan fingerprint density at radius 1 is 0.667 bits per heavy atom. The van der Waals surface area contributed by atoms with Crippen molar-refractivity contribution in [2.75, 3.05) is 33.0 Å². The largest absolute Gasteiger partial charge is 0.377 e. The number of ether oxygens (including phenoxy) is 2. The van der Waals surface area contributed by atoms with E-state index in [1.165, 1.54) is 83.5 Å². The Balaban J connectivity index is 3.15. The minimum atomic E-state index is -0.485. The first kappa shape index (κ1) is 28.9. The highest BCUT2D eigenvalue weighted by molar-refractivity contribution is 5.75. The molecule has 0 aliphatic carbocycles. The second-order valence-corrected chi connectivity index (χ2v) is 8.18.